The first-order chi connectivity index (χ1) is 8.31. The molecule has 0 rings (SSSR count). The molecule has 0 aliphatic heterocycles. The summed E-state index contributed by atoms with van der Waals surface area (Å²) in [7, 11) is 0. The van der Waals surface area contributed by atoms with Crippen molar-refractivity contribution in [2.24, 2.45) is 0 Å². The third kappa shape index (κ3) is 13.6. The number of hydrogen-bond acceptors (Lipinski definition) is 2. The van der Waals surface area contributed by atoms with Crippen LogP contribution in [-0.4, -0.2) is 19.0 Å². The monoisotopic (exact) mass is 242 g/mol. The van der Waals surface area contributed by atoms with Crippen LogP contribution in [0, 0.1) is 0 Å². The normalized spacial score (nSPS) is 12.6. The van der Waals surface area contributed by atoms with Gasteiger partial charge < -0.3 is 9.53 Å². The second kappa shape index (κ2) is 13.7. The lowest BCUT2D eigenvalue weighted by molar-refractivity contribution is -0.117. The molecular formula is C15H30O2. The lowest BCUT2D eigenvalue weighted by atomic mass is 10.1. The Labute approximate surface area is 107 Å². The molecule has 0 aliphatic carbocycles. The van der Waals surface area contributed by atoms with Gasteiger partial charge in [0.1, 0.15) is 12.4 Å². The highest BCUT2D eigenvalue weighted by Gasteiger charge is 1.97. The van der Waals surface area contributed by atoms with Crippen molar-refractivity contribution in [3.05, 3.63) is 0 Å². The Balaban J connectivity index is 2.96. The minimum Gasteiger partial charge on any atom is -0.371 e. The molecule has 0 aromatic carbocycles. The number of carbonyl (C=O) groups excluding carboxylic acids is 1. The highest BCUT2D eigenvalue weighted by atomic mass is 16.5. The molecule has 2 nitrogen and oxygen atoms in total. The first kappa shape index (κ1) is 16.6. The number of rotatable bonds is 13. The fourth-order valence-electron chi connectivity index (χ4n) is 1.90. The third-order valence-electron chi connectivity index (χ3n) is 3.07. The van der Waals surface area contributed by atoms with Gasteiger partial charge in [-0.15, -0.1) is 0 Å². The molecule has 0 saturated heterocycles. The highest BCUT2D eigenvalue weighted by Crippen LogP contribution is 2.10. The van der Waals surface area contributed by atoms with Crippen molar-refractivity contribution < 1.29 is 9.53 Å². The van der Waals surface area contributed by atoms with Crippen molar-refractivity contribution in [1.29, 1.82) is 0 Å². The average Bonchev–Trinajstić information content (AvgIpc) is 2.35. The van der Waals surface area contributed by atoms with E-state index in [9.17, 15) is 4.79 Å². The Morgan fingerprint density at radius 3 is 1.82 bits per heavy atom. The van der Waals surface area contributed by atoms with Gasteiger partial charge in [-0.2, -0.15) is 0 Å². The molecule has 2 heteroatoms. The summed E-state index contributed by atoms with van der Waals surface area (Å²) in [6.07, 6.45) is 14.0. The number of ether oxygens (including phenoxy) is 1. The standard InChI is InChI=1S/C15H30O2/c1-3-4-5-6-7-8-9-10-11-12-13-17-15(2)14-16/h14-15H,3-13H2,1-2H3. The van der Waals surface area contributed by atoms with E-state index in [0.29, 0.717) is 0 Å². The van der Waals surface area contributed by atoms with Gasteiger partial charge in [-0.25, -0.2) is 0 Å². The molecule has 0 amide bonds. The Hall–Kier alpha value is -0.370. The predicted octanol–water partition coefficient (Wildman–Crippen LogP) is 4.51. The number of aldehydes is 1. The summed E-state index contributed by atoms with van der Waals surface area (Å²) in [5.41, 5.74) is 0. The van der Waals surface area contributed by atoms with Crippen molar-refractivity contribution >= 4 is 6.29 Å². The molecule has 0 radical (unpaired) electrons. The van der Waals surface area contributed by atoms with Crippen LogP contribution >= 0.6 is 0 Å². The second-order valence-corrected chi connectivity index (χ2v) is 4.89. The van der Waals surface area contributed by atoms with Crippen LogP contribution in [0.4, 0.5) is 0 Å². The van der Waals surface area contributed by atoms with Crippen LogP contribution in [0.1, 0.15) is 78.1 Å². The maximum absolute atomic E-state index is 10.3. The van der Waals surface area contributed by atoms with E-state index in [1.165, 1.54) is 57.8 Å². The lowest BCUT2D eigenvalue weighted by Gasteiger charge is -2.06. The molecule has 0 fully saturated rings. The smallest absolute Gasteiger partial charge is 0.148 e. The molecule has 0 bridgehead atoms. The van der Waals surface area contributed by atoms with Crippen LogP contribution in [0.2, 0.25) is 0 Å². The van der Waals surface area contributed by atoms with Crippen molar-refractivity contribution in [3.63, 3.8) is 0 Å². The molecule has 0 heterocycles. The van der Waals surface area contributed by atoms with E-state index in [1.54, 1.807) is 6.92 Å². The molecule has 0 aliphatic rings. The van der Waals surface area contributed by atoms with Gasteiger partial charge in [-0.1, -0.05) is 64.7 Å². The Kier molecular flexibility index (Phi) is 13.4. The third-order valence-corrected chi connectivity index (χ3v) is 3.07. The van der Waals surface area contributed by atoms with E-state index >= 15 is 0 Å². The molecule has 1 unspecified atom stereocenters. The van der Waals surface area contributed by atoms with Gasteiger partial charge in [0.25, 0.3) is 0 Å². The fourth-order valence-corrected chi connectivity index (χ4v) is 1.90. The predicted molar refractivity (Wildman–Crippen MR) is 73.3 cm³/mol. The zero-order valence-electron chi connectivity index (χ0n) is 11.7. The van der Waals surface area contributed by atoms with Crippen LogP contribution < -0.4 is 0 Å². The number of carbonyl (C=O) groups is 1. The molecule has 102 valence electrons. The van der Waals surface area contributed by atoms with E-state index < -0.39 is 0 Å². The van der Waals surface area contributed by atoms with Gasteiger partial charge in [0.2, 0.25) is 0 Å². The van der Waals surface area contributed by atoms with E-state index in [0.717, 1.165) is 19.3 Å². The summed E-state index contributed by atoms with van der Waals surface area (Å²) in [4.78, 5) is 10.3. The minimum absolute atomic E-state index is 0.228. The van der Waals surface area contributed by atoms with Gasteiger partial charge in [-0.05, 0) is 13.3 Å². The van der Waals surface area contributed by atoms with Gasteiger partial charge in [0.15, 0.2) is 0 Å². The summed E-state index contributed by atoms with van der Waals surface area (Å²) < 4.78 is 5.30. The molecular weight excluding hydrogens is 212 g/mol. The summed E-state index contributed by atoms with van der Waals surface area (Å²) in [5.74, 6) is 0. The van der Waals surface area contributed by atoms with Crippen molar-refractivity contribution in [2.75, 3.05) is 6.61 Å². The molecule has 1 atom stereocenters. The topological polar surface area (TPSA) is 26.3 Å². The van der Waals surface area contributed by atoms with Gasteiger partial charge in [0, 0.05) is 6.61 Å². The first-order valence-corrected chi connectivity index (χ1v) is 7.38. The zero-order chi connectivity index (χ0) is 12.8. The maximum atomic E-state index is 10.3. The SMILES string of the molecule is CCCCCCCCCCCCOC(C)C=O. The van der Waals surface area contributed by atoms with Gasteiger partial charge in [-0.3, -0.25) is 0 Å². The Bertz CT molecular complexity index is 157. The zero-order valence-corrected chi connectivity index (χ0v) is 11.7. The lowest BCUT2D eigenvalue weighted by Crippen LogP contribution is -2.09. The van der Waals surface area contributed by atoms with Crippen molar-refractivity contribution in [3.8, 4) is 0 Å². The molecule has 17 heavy (non-hydrogen) atoms. The van der Waals surface area contributed by atoms with Crippen molar-refractivity contribution in [1.82, 2.24) is 0 Å². The summed E-state index contributed by atoms with van der Waals surface area (Å²) in [6, 6.07) is 0. The second-order valence-electron chi connectivity index (χ2n) is 4.89. The van der Waals surface area contributed by atoms with E-state index in [1.807, 2.05) is 0 Å². The number of hydrogen-bond donors (Lipinski definition) is 0. The first-order valence-electron chi connectivity index (χ1n) is 7.38. The maximum Gasteiger partial charge on any atom is 0.148 e. The minimum atomic E-state index is -0.228. The molecule has 0 N–H and O–H groups in total. The Morgan fingerprint density at radius 1 is 0.882 bits per heavy atom. The molecule has 0 saturated carbocycles. The molecule has 0 spiro atoms. The van der Waals surface area contributed by atoms with Crippen LogP contribution in [0.3, 0.4) is 0 Å². The molecule has 0 aromatic heterocycles. The van der Waals surface area contributed by atoms with E-state index in [4.69, 9.17) is 4.74 Å². The van der Waals surface area contributed by atoms with Crippen LogP contribution in [0.15, 0.2) is 0 Å². The average molecular weight is 242 g/mol. The summed E-state index contributed by atoms with van der Waals surface area (Å²) in [6.45, 7) is 4.78. The summed E-state index contributed by atoms with van der Waals surface area (Å²) in [5, 5.41) is 0. The van der Waals surface area contributed by atoms with E-state index in [-0.39, 0.29) is 6.10 Å². The summed E-state index contributed by atoms with van der Waals surface area (Å²) >= 11 is 0. The Morgan fingerprint density at radius 2 is 1.35 bits per heavy atom. The quantitative estimate of drug-likeness (QED) is 0.351. The van der Waals surface area contributed by atoms with Crippen LogP contribution in [-0.2, 0) is 9.53 Å². The van der Waals surface area contributed by atoms with E-state index in [2.05, 4.69) is 6.92 Å². The van der Waals surface area contributed by atoms with Gasteiger partial charge in [0.05, 0.1) is 0 Å². The highest BCUT2D eigenvalue weighted by molar-refractivity contribution is 5.54. The van der Waals surface area contributed by atoms with Crippen LogP contribution in [0.25, 0.3) is 0 Å². The van der Waals surface area contributed by atoms with Crippen LogP contribution in [0.5, 0.6) is 0 Å². The molecule has 0 aromatic rings. The number of unbranched alkanes of at least 4 members (excludes halogenated alkanes) is 9. The fraction of sp³-hybridized carbons (Fsp3) is 0.933. The van der Waals surface area contributed by atoms with Crippen molar-refractivity contribution in [2.45, 2.75) is 84.2 Å². The largest absolute Gasteiger partial charge is 0.371 e. The van der Waals surface area contributed by atoms with Gasteiger partial charge >= 0.3 is 0 Å².